The molecule has 1 aromatic carbocycles. The number of ether oxygens (including phenoxy) is 1. The highest BCUT2D eigenvalue weighted by Crippen LogP contribution is 2.28. The van der Waals surface area contributed by atoms with Gasteiger partial charge in [-0.1, -0.05) is 44.7 Å². The summed E-state index contributed by atoms with van der Waals surface area (Å²) in [5, 5.41) is 35.9. The molecule has 48 heavy (non-hydrogen) atoms. The Balaban J connectivity index is 1.72. The van der Waals surface area contributed by atoms with Crippen LogP contribution >= 0.6 is 0 Å². The minimum absolute atomic E-state index is 0.0000968. The number of phenols is 1. The first-order valence-corrected chi connectivity index (χ1v) is 16.6. The van der Waals surface area contributed by atoms with Crippen LogP contribution in [-0.2, 0) is 23.9 Å². The van der Waals surface area contributed by atoms with E-state index in [0.29, 0.717) is 55.1 Å². The summed E-state index contributed by atoms with van der Waals surface area (Å²) in [6.07, 6.45) is 7.61. The van der Waals surface area contributed by atoms with Gasteiger partial charge in [-0.2, -0.15) is 0 Å². The predicted molar refractivity (Wildman–Crippen MR) is 170 cm³/mol. The number of hydrogen-bond donors (Lipinski definition) is 5. The number of rotatable bonds is 20. The van der Waals surface area contributed by atoms with E-state index in [-0.39, 0.29) is 55.2 Å². The van der Waals surface area contributed by atoms with Gasteiger partial charge in [0.25, 0.3) is 11.8 Å². The molecule has 3 rings (SSSR count). The van der Waals surface area contributed by atoms with E-state index in [2.05, 4.69) is 22.5 Å². The Hall–Kier alpha value is -4.50. The van der Waals surface area contributed by atoms with E-state index in [1.54, 1.807) is 18.2 Å². The molecule has 1 saturated heterocycles. The van der Waals surface area contributed by atoms with Crippen molar-refractivity contribution in [1.82, 2.24) is 25.7 Å². The summed E-state index contributed by atoms with van der Waals surface area (Å²) in [5.41, 5.74) is 0.125. The molecule has 0 bridgehead atoms. The Kier molecular flexibility index (Phi) is 15.8. The number of hydroxylamine groups is 4. The Labute approximate surface area is 279 Å². The van der Waals surface area contributed by atoms with E-state index in [9.17, 15) is 39.5 Å². The van der Waals surface area contributed by atoms with E-state index in [1.165, 1.54) is 6.07 Å². The number of esters is 1. The molecule has 5 N–H and O–H groups in total. The molecule has 0 aliphatic carbocycles. The molecule has 0 spiro atoms. The van der Waals surface area contributed by atoms with Gasteiger partial charge in [0, 0.05) is 13.1 Å². The highest BCUT2D eigenvalue weighted by atomic mass is 16.5. The molecule has 1 fully saturated rings. The van der Waals surface area contributed by atoms with Gasteiger partial charge in [0.15, 0.2) is 5.69 Å². The van der Waals surface area contributed by atoms with Crippen LogP contribution in [0.3, 0.4) is 0 Å². The third kappa shape index (κ3) is 12.3. The molecular weight excluding hydrogens is 626 g/mol. The van der Waals surface area contributed by atoms with Gasteiger partial charge < -0.3 is 24.9 Å². The number of amides is 4. The van der Waals surface area contributed by atoms with E-state index in [4.69, 9.17) is 9.15 Å². The van der Waals surface area contributed by atoms with Crippen LogP contribution < -0.4 is 10.6 Å². The van der Waals surface area contributed by atoms with Gasteiger partial charge in [0.2, 0.25) is 18.2 Å². The van der Waals surface area contributed by atoms with Crippen molar-refractivity contribution in [3.63, 3.8) is 0 Å². The lowest BCUT2D eigenvalue weighted by Crippen LogP contribution is -2.47. The van der Waals surface area contributed by atoms with Crippen molar-refractivity contribution in [3.8, 4) is 17.2 Å². The van der Waals surface area contributed by atoms with Crippen LogP contribution in [0.2, 0.25) is 0 Å². The lowest BCUT2D eigenvalue weighted by Gasteiger charge is -2.24. The summed E-state index contributed by atoms with van der Waals surface area (Å²) >= 11 is 0. The van der Waals surface area contributed by atoms with Crippen LogP contribution in [0.15, 0.2) is 34.9 Å². The van der Waals surface area contributed by atoms with Crippen LogP contribution in [-0.4, -0.2) is 92.0 Å². The molecule has 4 amide bonds. The molecule has 1 aromatic heterocycles. The Morgan fingerprint density at radius 3 is 2.62 bits per heavy atom. The molecular formula is C33H47N5O10. The van der Waals surface area contributed by atoms with Gasteiger partial charge in [0.05, 0.1) is 12.0 Å². The maximum atomic E-state index is 13.6. The van der Waals surface area contributed by atoms with E-state index in [1.807, 2.05) is 0 Å². The van der Waals surface area contributed by atoms with Crippen molar-refractivity contribution in [2.75, 3.05) is 13.1 Å². The van der Waals surface area contributed by atoms with Gasteiger partial charge in [-0.3, -0.25) is 29.6 Å². The summed E-state index contributed by atoms with van der Waals surface area (Å²) < 4.78 is 11.2. The molecule has 1 aliphatic rings. The molecule has 15 heteroatoms. The van der Waals surface area contributed by atoms with Gasteiger partial charge in [-0.25, -0.2) is 19.9 Å². The number of aromatic nitrogens is 1. The topological polar surface area (TPSA) is 212 Å². The summed E-state index contributed by atoms with van der Waals surface area (Å²) in [6.45, 7) is 2.29. The molecule has 15 nitrogen and oxygen atoms in total. The summed E-state index contributed by atoms with van der Waals surface area (Å²) in [6, 6.07) is 4.23. The zero-order valence-electron chi connectivity index (χ0n) is 27.3. The van der Waals surface area contributed by atoms with Gasteiger partial charge in [-0.05, 0) is 63.5 Å². The van der Waals surface area contributed by atoms with Crippen LogP contribution in [0.25, 0.3) is 11.5 Å². The predicted octanol–water partition coefficient (Wildman–Crippen LogP) is 3.71. The second-order valence-electron chi connectivity index (χ2n) is 11.9. The number of para-hydroxylation sites is 1. The quantitative estimate of drug-likeness (QED) is 0.0449. The minimum Gasteiger partial charge on any atom is -0.507 e. The van der Waals surface area contributed by atoms with E-state index < -0.39 is 41.9 Å². The molecule has 0 radical (unpaired) electrons. The molecule has 0 unspecified atom stereocenters. The maximum absolute atomic E-state index is 13.6. The smallest absolute Gasteiger partial charge is 0.328 e. The average Bonchev–Trinajstić information content (AvgIpc) is 3.51. The van der Waals surface area contributed by atoms with Crippen molar-refractivity contribution in [2.45, 2.75) is 109 Å². The zero-order chi connectivity index (χ0) is 34.9. The molecule has 2 heterocycles. The van der Waals surface area contributed by atoms with Crippen LogP contribution in [0, 0.1) is 0 Å². The van der Waals surface area contributed by atoms with Crippen molar-refractivity contribution in [3.05, 3.63) is 36.2 Å². The summed E-state index contributed by atoms with van der Waals surface area (Å²) in [4.78, 5) is 67.2. The number of hydrogen-bond acceptors (Lipinski definition) is 11. The zero-order valence-corrected chi connectivity index (χ0v) is 27.3. The second kappa shape index (κ2) is 20.0. The van der Waals surface area contributed by atoms with Crippen molar-refractivity contribution in [2.24, 2.45) is 0 Å². The lowest BCUT2D eigenvalue weighted by atomic mass is 10.0. The van der Waals surface area contributed by atoms with Crippen molar-refractivity contribution >= 4 is 30.1 Å². The largest absolute Gasteiger partial charge is 0.507 e. The fourth-order valence-corrected chi connectivity index (χ4v) is 5.35. The van der Waals surface area contributed by atoms with E-state index >= 15 is 0 Å². The average molecular weight is 674 g/mol. The summed E-state index contributed by atoms with van der Waals surface area (Å²) in [5.74, 6) is -2.73. The number of benzene rings is 1. The first kappa shape index (κ1) is 38.0. The molecule has 2 aromatic rings. The number of nitrogens with one attached hydrogen (secondary N) is 2. The molecule has 1 aliphatic heterocycles. The Morgan fingerprint density at radius 1 is 1.12 bits per heavy atom. The number of nitrogens with zero attached hydrogens (tertiary/aromatic N) is 3. The van der Waals surface area contributed by atoms with Crippen LogP contribution in [0.1, 0.15) is 101 Å². The van der Waals surface area contributed by atoms with Gasteiger partial charge in [-0.15, -0.1) is 0 Å². The molecule has 3 atom stereocenters. The van der Waals surface area contributed by atoms with Gasteiger partial charge >= 0.3 is 5.97 Å². The normalized spacial score (nSPS) is 16.0. The number of phenolic OH excluding ortho intramolecular Hbond substituents is 1. The third-order valence-electron chi connectivity index (χ3n) is 8.04. The van der Waals surface area contributed by atoms with E-state index in [0.717, 1.165) is 31.9 Å². The SMILES string of the molecule is CCCCCCC[C@H](CC(=O)N[C@H]1CCCCN(O)C1=O)OC(=O)[C@H](CCCCN(O)C=O)NC(=O)c1coc(-c2ccccc2O)n1. The van der Waals surface area contributed by atoms with Crippen LogP contribution in [0.5, 0.6) is 5.75 Å². The fourth-order valence-electron chi connectivity index (χ4n) is 5.35. The highest BCUT2D eigenvalue weighted by Gasteiger charge is 2.31. The first-order chi connectivity index (χ1) is 23.1. The Morgan fingerprint density at radius 2 is 1.88 bits per heavy atom. The summed E-state index contributed by atoms with van der Waals surface area (Å²) in [7, 11) is 0. The highest BCUT2D eigenvalue weighted by molar-refractivity contribution is 5.95. The molecule has 264 valence electrons. The number of carbonyl (C=O) groups excluding carboxylic acids is 5. The first-order valence-electron chi connectivity index (χ1n) is 16.6. The standard InChI is InChI=1S/C33H47N5O10/c1-2-3-4-5-6-13-23(20-29(41)34-25-15-10-12-19-38(46)32(25)43)48-33(44)26(16-9-11-18-37(45)22-39)35-30(42)27-21-47-31(36-27)24-14-7-8-17-28(24)40/h7-8,14,17,21-23,25-26,40,45-46H,2-6,9-13,15-16,18-20H2,1H3,(H,34,41)(H,35,42)/t23-,25+,26+/m1/s1. The number of unbranched alkanes of at least 4 members (excludes halogenated alkanes) is 5. The molecule has 0 saturated carbocycles. The number of aromatic hydroxyl groups is 1. The van der Waals surface area contributed by atoms with Gasteiger partial charge in [0.1, 0.15) is 30.2 Å². The van der Waals surface area contributed by atoms with Crippen molar-refractivity contribution < 1.29 is 48.6 Å². The minimum atomic E-state index is -1.18. The number of oxazole rings is 1. The lowest BCUT2D eigenvalue weighted by molar-refractivity contribution is -0.167. The second-order valence-corrected chi connectivity index (χ2v) is 11.9. The van der Waals surface area contributed by atoms with Crippen molar-refractivity contribution in [1.29, 1.82) is 0 Å². The van der Waals surface area contributed by atoms with Crippen LogP contribution in [0.4, 0.5) is 0 Å². The Bertz CT molecular complexity index is 1350. The maximum Gasteiger partial charge on any atom is 0.328 e. The fraction of sp³-hybridized carbons (Fsp3) is 0.576. The number of carbonyl (C=O) groups is 5. The monoisotopic (exact) mass is 673 g/mol. The third-order valence-corrected chi connectivity index (χ3v) is 8.04.